The highest BCUT2D eigenvalue weighted by Gasteiger charge is 2.07. The minimum Gasteiger partial charge on any atom is -0.443 e. The molecule has 0 unspecified atom stereocenters. The molecule has 426 valence electrons. The molecule has 0 saturated carbocycles. The van der Waals surface area contributed by atoms with Crippen LogP contribution in [-0.2, 0) is 25.7 Å². The number of hydrogen-bond acceptors (Lipinski definition) is 20. The number of nitrogens with zero attached hydrogens (tertiary/aromatic N) is 21. The molecule has 16 heterocycles. The van der Waals surface area contributed by atoms with Crippen molar-refractivity contribution in [1.29, 1.82) is 0 Å². The maximum Gasteiger partial charge on any atom is 0.181 e. The van der Waals surface area contributed by atoms with Crippen molar-refractivity contribution in [2.24, 2.45) is 20.0 Å². The molecular weight excluding hydrogens is 1110 g/mol. The summed E-state index contributed by atoms with van der Waals surface area (Å²) in [6, 6.07) is 43.3. The Morgan fingerprint density at radius 1 is 0.402 bits per heavy atom. The number of aliphatic imine (C=N–C) groups is 4. The number of imidazole rings is 1. The second-order valence-electron chi connectivity index (χ2n) is 17.8. The fourth-order valence-electron chi connectivity index (χ4n) is 7.93. The Labute approximate surface area is 502 Å². The van der Waals surface area contributed by atoms with Gasteiger partial charge < -0.3 is 4.42 Å². The molecule has 15 aromatic rings. The predicted molar refractivity (Wildman–Crippen MR) is 339 cm³/mol. The average Bonchev–Trinajstić information content (AvgIpc) is 4.49. The van der Waals surface area contributed by atoms with E-state index in [1.807, 2.05) is 173 Å². The monoisotopic (exact) mass is 1160 g/mol. The first kappa shape index (κ1) is 58.2. The van der Waals surface area contributed by atoms with Crippen LogP contribution in [0.2, 0.25) is 0 Å². The molecule has 23 heteroatoms. The van der Waals surface area contributed by atoms with Crippen molar-refractivity contribution in [3.8, 4) is 0 Å². The van der Waals surface area contributed by atoms with Crippen molar-refractivity contribution in [3.05, 3.63) is 274 Å². The lowest BCUT2D eigenvalue weighted by atomic mass is 10.2. The van der Waals surface area contributed by atoms with E-state index in [1.54, 1.807) is 96.4 Å². The first-order chi connectivity index (χ1) is 43.2. The Balaban J connectivity index is 0.000000107. The number of benzene rings is 3. The minimum atomic E-state index is 0.775. The third kappa shape index (κ3) is 17.8. The lowest BCUT2D eigenvalue weighted by Gasteiger charge is -1.91. The Kier molecular flexibility index (Phi) is 21.4. The fraction of sp³-hybridized carbons (Fsp3) is 0.0625. The number of aromatic nitrogens is 17. The van der Waals surface area contributed by atoms with E-state index in [0.717, 1.165) is 99.1 Å². The molecule has 0 fully saturated rings. The lowest BCUT2D eigenvalue weighted by molar-refractivity contribution is 0.602. The number of rotatable bonds is 0. The number of para-hydroxylation sites is 4. The molecule has 0 radical (unpaired) electrons. The van der Waals surface area contributed by atoms with E-state index in [9.17, 15) is 0 Å². The van der Waals surface area contributed by atoms with Gasteiger partial charge in [-0.15, -0.1) is 11.3 Å². The van der Waals surface area contributed by atoms with Gasteiger partial charge in [0.2, 0.25) is 0 Å². The zero-order chi connectivity index (χ0) is 59.2. The highest BCUT2D eigenvalue weighted by molar-refractivity contribution is 7.16. The van der Waals surface area contributed by atoms with E-state index < -0.39 is 0 Å². The van der Waals surface area contributed by atoms with Crippen molar-refractivity contribution in [3.63, 3.8) is 0 Å². The van der Waals surface area contributed by atoms with Gasteiger partial charge in [-0.3, -0.25) is 24.4 Å². The predicted octanol–water partition coefficient (Wildman–Crippen LogP) is 12.1. The van der Waals surface area contributed by atoms with Gasteiger partial charge >= 0.3 is 0 Å². The molecule has 0 bridgehead atoms. The van der Waals surface area contributed by atoms with Crippen LogP contribution in [0.5, 0.6) is 0 Å². The van der Waals surface area contributed by atoms with Gasteiger partial charge in [-0.2, -0.15) is 10.2 Å². The van der Waals surface area contributed by atoms with E-state index >= 15 is 0 Å². The number of fused-ring (bicyclic) bond motifs is 9. The summed E-state index contributed by atoms with van der Waals surface area (Å²) in [6.07, 6.45) is 41.9. The second kappa shape index (κ2) is 32.0. The molecular formula is C64H53N21OS. The van der Waals surface area contributed by atoms with Crippen molar-refractivity contribution in [1.82, 2.24) is 83.4 Å². The van der Waals surface area contributed by atoms with Gasteiger partial charge in [0, 0.05) is 137 Å². The fourth-order valence-corrected chi connectivity index (χ4v) is 8.61. The van der Waals surface area contributed by atoms with Gasteiger partial charge in [-0.05, 0) is 90.5 Å². The summed E-state index contributed by atoms with van der Waals surface area (Å²) in [7, 11) is 0. The first-order valence-electron chi connectivity index (χ1n) is 27.0. The van der Waals surface area contributed by atoms with E-state index in [2.05, 4.69) is 102 Å². The maximum atomic E-state index is 5.01. The Hall–Kier alpha value is -12.0. The minimum absolute atomic E-state index is 0.775. The van der Waals surface area contributed by atoms with E-state index in [-0.39, 0.29) is 0 Å². The number of thiazole rings is 1. The smallest absolute Gasteiger partial charge is 0.181 e. The van der Waals surface area contributed by atoms with Crippen LogP contribution >= 0.6 is 11.3 Å². The topological polar surface area (TPSA) is 256 Å². The third-order valence-electron chi connectivity index (χ3n) is 12.1. The van der Waals surface area contributed by atoms with Crippen LogP contribution in [-0.4, -0.2) is 108 Å². The van der Waals surface area contributed by atoms with Crippen molar-refractivity contribution >= 4 is 97.3 Å². The molecule has 0 aliphatic carbocycles. The maximum absolute atomic E-state index is 5.01. The second-order valence-corrected chi connectivity index (χ2v) is 18.7. The lowest BCUT2D eigenvalue weighted by Crippen LogP contribution is -1.88. The highest BCUT2D eigenvalue weighted by atomic mass is 32.1. The Bertz CT molecular complexity index is 3830. The van der Waals surface area contributed by atoms with Gasteiger partial charge in [0.15, 0.2) is 29.3 Å². The highest BCUT2D eigenvalue weighted by Crippen LogP contribution is 2.23. The van der Waals surface area contributed by atoms with Gasteiger partial charge in [0.05, 0.1) is 50.2 Å². The summed E-state index contributed by atoms with van der Waals surface area (Å²) in [6.45, 7) is 0. The Morgan fingerprint density at radius 3 is 1.97 bits per heavy atom. The quantitative estimate of drug-likeness (QED) is 0.137. The average molecular weight is 1160 g/mol. The molecule has 4 aliphatic rings. The van der Waals surface area contributed by atoms with Crippen LogP contribution in [0.1, 0.15) is 22.5 Å². The normalized spacial score (nSPS) is 11.5. The summed E-state index contributed by atoms with van der Waals surface area (Å²) in [5.74, 6) is 1.60. The molecule has 0 spiro atoms. The summed E-state index contributed by atoms with van der Waals surface area (Å²) >= 11 is 1.68. The first-order valence-corrected chi connectivity index (χ1v) is 27.9. The van der Waals surface area contributed by atoms with Crippen LogP contribution in [0.15, 0.2) is 275 Å². The van der Waals surface area contributed by atoms with Crippen LogP contribution in [0, 0.1) is 0 Å². The van der Waals surface area contributed by atoms with Gasteiger partial charge in [0.1, 0.15) is 30.1 Å². The molecule has 19 rings (SSSR count). The van der Waals surface area contributed by atoms with Crippen molar-refractivity contribution in [2.75, 3.05) is 0 Å². The third-order valence-corrected chi connectivity index (χ3v) is 12.9. The molecule has 0 saturated heterocycles. The van der Waals surface area contributed by atoms with E-state index in [4.69, 9.17) is 4.42 Å². The van der Waals surface area contributed by atoms with Gasteiger partial charge in [-0.25, -0.2) is 68.9 Å². The van der Waals surface area contributed by atoms with E-state index in [1.165, 1.54) is 29.3 Å². The molecule has 87 heavy (non-hydrogen) atoms. The molecule has 0 N–H and O–H groups in total. The summed E-state index contributed by atoms with van der Waals surface area (Å²) < 4.78 is 11.7. The van der Waals surface area contributed by atoms with Gasteiger partial charge in [0.25, 0.3) is 0 Å². The zero-order valence-corrected chi connectivity index (χ0v) is 47.3. The van der Waals surface area contributed by atoms with Crippen molar-refractivity contribution < 1.29 is 4.42 Å². The van der Waals surface area contributed by atoms with Crippen LogP contribution in [0.4, 0.5) is 23.0 Å². The summed E-state index contributed by atoms with van der Waals surface area (Å²) in [5, 5.41) is 8.03. The van der Waals surface area contributed by atoms with Gasteiger partial charge in [-0.1, -0.05) is 48.5 Å². The molecule has 0 atom stereocenters. The van der Waals surface area contributed by atoms with E-state index in [0.29, 0.717) is 0 Å². The zero-order valence-electron chi connectivity index (χ0n) is 46.5. The van der Waals surface area contributed by atoms with Crippen LogP contribution in [0.3, 0.4) is 0 Å². The SMILES string of the molecule is C1=Nc2ccccc2C1.C1=Nc2cccnc2C1.C1=Nc2nccnc2C1.C1=Nc2ncncc2C1.c1cc2nccn2cn1.c1cc2nccnn2c1.c1ccc2ocnc2c1.c1ccc2scnc2c1.c1ccn2nccc2c1.c1cncnc1. The standard InChI is InChI=1S/C8H7N.2C7H6N2.C7H5NO.C7H5NS.4C6H5N3.C4H4N2/c1-2-4-8-7(3-1)5-6-9-8;1-2-6-7(8-4-1)3-5-9-6;1-2-6-9-7(3-1)4-5-8-9;2*1-2-4-7-6(3-1)8-5-9-7;1-2-8-6-5(1)3-7-4-9-6;1-2-7-5-9-4-3-8-6(1)9;1-2-8-6-5(1)7-3-4-9-6;1-2-6-7-3-4-8-9(6)5-1;1-2-5-4-6-3-1/h1-4,6H,5H2;1-2,4-5H,3H2;1-6H;2*1-5H;2-4H,1H2;1-5H;2-4H,1H2;1-5H;1-4H. The van der Waals surface area contributed by atoms with Crippen LogP contribution < -0.4 is 0 Å². The summed E-state index contributed by atoms with van der Waals surface area (Å²) in [4.78, 5) is 63.8. The number of hydrogen-bond donors (Lipinski definition) is 0. The number of oxazole rings is 1. The molecule has 0 amide bonds. The Morgan fingerprint density at radius 2 is 1.14 bits per heavy atom. The molecule has 22 nitrogen and oxygen atoms in total. The molecule has 3 aromatic carbocycles. The van der Waals surface area contributed by atoms with Crippen molar-refractivity contribution in [2.45, 2.75) is 25.7 Å². The van der Waals surface area contributed by atoms with Crippen LogP contribution in [0.25, 0.3) is 38.1 Å². The number of pyridine rings is 2. The molecule has 4 aliphatic heterocycles. The summed E-state index contributed by atoms with van der Waals surface area (Å²) in [5.41, 5.74) is 14.4. The largest absolute Gasteiger partial charge is 0.443 e. The molecule has 12 aromatic heterocycles.